The summed E-state index contributed by atoms with van der Waals surface area (Å²) in [4.78, 5) is 11.8. The first-order valence-electron chi connectivity index (χ1n) is 5.47. The minimum Gasteiger partial charge on any atom is -0.396 e. The van der Waals surface area contributed by atoms with Gasteiger partial charge in [-0.1, -0.05) is 0 Å². The van der Waals surface area contributed by atoms with Crippen molar-refractivity contribution in [3.05, 3.63) is 17.0 Å². The highest BCUT2D eigenvalue weighted by Gasteiger charge is 2.16. The SMILES string of the molecule is Cc1nn(C)c(C)c1C(=O)NCCCCO. The normalized spacial score (nSPS) is 10.5. The number of hydrogen-bond donors (Lipinski definition) is 2. The van der Waals surface area contributed by atoms with Crippen LogP contribution >= 0.6 is 0 Å². The molecule has 0 saturated heterocycles. The molecule has 0 unspecified atom stereocenters. The molecule has 0 aliphatic heterocycles. The lowest BCUT2D eigenvalue weighted by molar-refractivity contribution is 0.0950. The van der Waals surface area contributed by atoms with Crippen LogP contribution in [0.15, 0.2) is 0 Å². The summed E-state index contributed by atoms with van der Waals surface area (Å²) in [7, 11) is 1.82. The molecule has 1 heterocycles. The zero-order valence-electron chi connectivity index (χ0n) is 10.1. The first-order valence-corrected chi connectivity index (χ1v) is 5.47. The van der Waals surface area contributed by atoms with E-state index >= 15 is 0 Å². The fourth-order valence-corrected chi connectivity index (χ4v) is 1.63. The molecule has 0 atom stereocenters. The standard InChI is InChI=1S/C11H19N3O2/c1-8-10(9(2)14(3)13-8)11(16)12-6-4-5-7-15/h15H,4-7H2,1-3H3,(H,12,16). The first-order chi connectivity index (χ1) is 7.57. The number of hydrogen-bond acceptors (Lipinski definition) is 3. The van der Waals surface area contributed by atoms with Crippen LogP contribution < -0.4 is 5.32 Å². The second-order valence-corrected chi connectivity index (χ2v) is 3.86. The second-order valence-electron chi connectivity index (χ2n) is 3.86. The van der Waals surface area contributed by atoms with Crippen LogP contribution in [0.2, 0.25) is 0 Å². The van der Waals surface area contributed by atoms with Crippen LogP contribution in [0.4, 0.5) is 0 Å². The second kappa shape index (κ2) is 5.65. The van der Waals surface area contributed by atoms with Gasteiger partial charge in [0.2, 0.25) is 0 Å². The van der Waals surface area contributed by atoms with Crippen LogP contribution in [0.1, 0.15) is 34.6 Å². The van der Waals surface area contributed by atoms with Gasteiger partial charge < -0.3 is 10.4 Å². The van der Waals surface area contributed by atoms with E-state index in [-0.39, 0.29) is 12.5 Å². The van der Waals surface area contributed by atoms with Gasteiger partial charge in [0.25, 0.3) is 5.91 Å². The van der Waals surface area contributed by atoms with Gasteiger partial charge in [0, 0.05) is 25.9 Å². The Morgan fingerprint density at radius 2 is 2.12 bits per heavy atom. The molecule has 1 amide bonds. The zero-order valence-corrected chi connectivity index (χ0v) is 10.1. The lowest BCUT2D eigenvalue weighted by Crippen LogP contribution is -2.25. The van der Waals surface area contributed by atoms with E-state index in [1.54, 1.807) is 4.68 Å². The van der Waals surface area contributed by atoms with Crippen LogP contribution in [-0.4, -0.2) is 33.9 Å². The number of aliphatic hydroxyl groups is 1. The predicted molar refractivity (Wildman–Crippen MR) is 61.3 cm³/mol. The third kappa shape index (κ3) is 2.82. The van der Waals surface area contributed by atoms with Crippen molar-refractivity contribution in [2.45, 2.75) is 26.7 Å². The Balaban J connectivity index is 2.59. The smallest absolute Gasteiger partial charge is 0.255 e. The number of rotatable bonds is 5. The van der Waals surface area contributed by atoms with Crippen molar-refractivity contribution in [3.63, 3.8) is 0 Å². The molecule has 5 nitrogen and oxygen atoms in total. The highest BCUT2D eigenvalue weighted by atomic mass is 16.2. The average Bonchev–Trinajstić information content (AvgIpc) is 2.48. The number of carbonyl (C=O) groups excluding carboxylic acids is 1. The van der Waals surface area contributed by atoms with Crippen molar-refractivity contribution < 1.29 is 9.90 Å². The van der Waals surface area contributed by atoms with E-state index < -0.39 is 0 Å². The van der Waals surface area contributed by atoms with Gasteiger partial charge in [-0.15, -0.1) is 0 Å². The van der Waals surface area contributed by atoms with Crippen molar-refractivity contribution in [1.82, 2.24) is 15.1 Å². The number of aromatic nitrogens is 2. The molecule has 0 aromatic carbocycles. The monoisotopic (exact) mass is 225 g/mol. The molecule has 0 aliphatic rings. The summed E-state index contributed by atoms with van der Waals surface area (Å²) >= 11 is 0. The van der Waals surface area contributed by atoms with E-state index in [0.29, 0.717) is 18.5 Å². The Kier molecular flexibility index (Phi) is 4.49. The molecule has 0 spiro atoms. The van der Waals surface area contributed by atoms with E-state index in [1.807, 2.05) is 20.9 Å². The van der Waals surface area contributed by atoms with Crippen molar-refractivity contribution in [2.75, 3.05) is 13.2 Å². The molecule has 0 fully saturated rings. The summed E-state index contributed by atoms with van der Waals surface area (Å²) in [6.45, 7) is 4.46. The molecule has 0 bridgehead atoms. The Bertz CT molecular complexity index is 372. The number of unbranched alkanes of at least 4 members (excludes halogenated alkanes) is 1. The highest BCUT2D eigenvalue weighted by molar-refractivity contribution is 5.96. The predicted octanol–water partition coefficient (Wildman–Crippen LogP) is 0.539. The van der Waals surface area contributed by atoms with Crippen LogP contribution in [0.25, 0.3) is 0 Å². The molecule has 0 aliphatic carbocycles. The summed E-state index contributed by atoms with van der Waals surface area (Å²) in [5.41, 5.74) is 2.28. The summed E-state index contributed by atoms with van der Waals surface area (Å²) in [5.74, 6) is -0.0824. The fraction of sp³-hybridized carbons (Fsp3) is 0.636. The Morgan fingerprint density at radius 3 is 2.62 bits per heavy atom. The maximum absolute atomic E-state index is 11.8. The number of amides is 1. The molecule has 2 N–H and O–H groups in total. The van der Waals surface area contributed by atoms with E-state index in [4.69, 9.17) is 5.11 Å². The largest absolute Gasteiger partial charge is 0.396 e. The van der Waals surface area contributed by atoms with Crippen molar-refractivity contribution >= 4 is 5.91 Å². The van der Waals surface area contributed by atoms with Crippen LogP contribution in [0.3, 0.4) is 0 Å². The van der Waals surface area contributed by atoms with Gasteiger partial charge in [-0.05, 0) is 26.7 Å². The molecular formula is C11H19N3O2. The Morgan fingerprint density at radius 1 is 1.44 bits per heavy atom. The molecule has 16 heavy (non-hydrogen) atoms. The highest BCUT2D eigenvalue weighted by Crippen LogP contribution is 2.11. The zero-order chi connectivity index (χ0) is 12.1. The topological polar surface area (TPSA) is 67.2 Å². The summed E-state index contributed by atoms with van der Waals surface area (Å²) < 4.78 is 1.71. The third-order valence-corrected chi connectivity index (χ3v) is 2.61. The molecule has 0 radical (unpaired) electrons. The lowest BCUT2D eigenvalue weighted by atomic mass is 10.2. The van der Waals surface area contributed by atoms with Gasteiger partial charge in [0.15, 0.2) is 0 Å². The number of nitrogens with zero attached hydrogens (tertiary/aromatic N) is 2. The molecule has 1 aromatic rings. The minimum absolute atomic E-state index is 0.0824. The minimum atomic E-state index is -0.0824. The van der Waals surface area contributed by atoms with Crippen molar-refractivity contribution in [2.24, 2.45) is 7.05 Å². The number of nitrogens with one attached hydrogen (secondary N) is 1. The molecule has 1 aromatic heterocycles. The van der Waals surface area contributed by atoms with E-state index in [9.17, 15) is 4.79 Å². The third-order valence-electron chi connectivity index (χ3n) is 2.61. The first kappa shape index (κ1) is 12.7. The molecule has 1 rings (SSSR count). The van der Waals surface area contributed by atoms with Crippen LogP contribution in [0.5, 0.6) is 0 Å². The van der Waals surface area contributed by atoms with Crippen molar-refractivity contribution in [3.8, 4) is 0 Å². The van der Waals surface area contributed by atoms with E-state index in [1.165, 1.54) is 0 Å². The number of aliphatic hydroxyl groups excluding tert-OH is 1. The van der Waals surface area contributed by atoms with Gasteiger partial charge in [0.1, 0.15) is 0 Å². The Labute approximate surface area is 95.5 Å². The van der Waals surface area contributed by atoms with Gasteiger partial charge in [-0.25, -0.2) is 0 Å². The number of carbonyl (C=O) groups is 1. The number of aryl methyl sites for hydroxylation is 2. The van der Waals surface area contributed by atoms with E-state index in [0.717, 1.165) is 17.8 Å². The summed E-state index contributed by atoms with van der Waals surface area (Å²) in [6.07, 6.45) is 1.51. The Hall–Kier alpha value is -1.36. The fourth-order valence-electron chi connectivity index (χ4n) is 1.63. The summed E-state index contributed by atoms with van der Waals surface area (Å²) in [5, 5.41) is 15.6. The summed E-state index contributed by atoms with van der Waals surface area (Å²) in [6, 6.07) is 0. The van der Waals surface area contributed by atoms with E-state index in [2.05, 4.69) is 10.4 Å². The van der Waals surface area contributed by atoms with Crippen LogP contribution in [-0.2, 0) is 7.05 Å². The maximum Gasteiger partial charge on any atom is 0.255 e. The van der Waals surface area contributed by atoms with Gasteiger partial charge in [-0.2, -0.15) is 5.10 Å². The average molecular weight is 225 g/mol. The van der Waals surface area contributed by atoms with Gasteiger partial charge in [-0.3, -0.25) is 9.48 Å². The molecule has 0 saturated carbocycles. The molecule has 5 heteroatoms. The quantitative estimate of drug-likeness (QED) is 0.719. The van der Waals surface area contributed by atoms with Gasteiger partial charge >= 0.3 is 0 Å². The van der Waals surface area contributed by atoms with Crippen LogP contribution in [0, 0.1) is 13.8 Å². The molecule has 90 valence electrons. The molecular weight excluding hydrogens is 206 g/mol. The van der Waals surface area contributed by atoms with Gasteiger partial charge in [0.05, 0.1) is 11.3 Å². The van der Waals surface area contributed by atoms with Crippen molar-refractivity contribution in [1.29, 1.82) is 0 Å². The lowest BCUT2D eigenvalue weighted by Gasteiger charge is -2.04. The maximum atomic E-state index is 11.8.